The van der Waals surface area contributed by atoms with Crippen LogP contribution in [-0.2, 0) is 9.53 Å². The molecule has 1 aromatic rings. The van der Waals surface area contributed by atoms with Gasteiger partial charge in [-0.15, -0.1) is 13.2 Å². The van der Waals surface area contributed by atoms with Gasteiger partial charge in [0, 0.05) is 25.6 Å². The number of carbonyl (C=O) groups is 1. The molecule has 4 nitrogen and oxygen atoms in total. The lowest BCUT2D eigenvalue weighted by Crippen LogP contribution is -2.48. The number of nitrogens with zero attached hydrogens (tertiary/aromatic N) is 2. The number of hydrogen-bond donors (Lipinski definition) is 0. The highest BCUT2D eigenvalue weighted by molar-refractivity contribution is 5.97. The fourth-order valence-electron chi connectivity index (χ4n) is 4.77. The summed E-state index contributed by atoms with van der Waals surface area (Å²) >= 11 is 0. The molecule has 3 aliphatic rings. The normalized spacial score (nSPS) is 27.4. The van der Waals surface area contributed by atoms with Gasteiger partial charge in [-0.3, -0.25) is 4.79 Å². The van der Waals surface area contributed by atoms with Gasteiger partial charge >= 0.3 is 6.36 Å². The maximum absolute atomic E-state index is 15.8. The van der Waals surface area contributed by atoms with Crippen molar-refractivity contribution in [3.8, 4) is 0 Å². The molecule has 1 amide bonds. The minimum absolute atomic E-state index is 0.124. The number of alkyl halides is 4. The molecule has 168 valence electrons. The summed E-state index contributed by atoms with van der Waals surface area (Å²) in [6.07, 6.45) is 0.503. The van der Waals surface area contributed by atoms with E-state index in [-0.39, 0.29) is 6.04 Å². The Kier molecular flexibility index (Phi) is 6.21. The average molecular weight is 438 g/mol. The van der Waals surface area contributed by atoms with Crippen molar-refractivity contribution in [1.29, 1.82) is 0 Å². The molecule has 2 fully saturated rings. The number of ether oxygens (including phenoxy) is 1. The standard InChI is InChI=1S/C23H26F4N2O2/c24-22(31-23(25,26)27)15-18(17-7-2-1-3-8-17)10-11-20(22)21(30)29-14-6-9-19(29)16-28-12-4-5-13-28/h1-3,7-8,10-11,19H,4-6,9,12-16H2/t19-,22?/m0/s1. The summed E-state index contributed by atoms with van der Waals surface area (Å²) in [5, 5.41) is 0. The second-order valence-electron chi connectivity index (χ2n) is 8.39. The topological polar surface area (TPSA) is 32.8 Å². The summed E-state index contributed by atoms with van der Waals surface area (Å²) in [6.45, 7) is 2.98. The molecule has 2 heterocycles. The van der Waals surface area contributed by atoms with E-state index in [9.17, 15) is 18.0 Å². The molecule has 4 rings (SSSR count). The van der Waals surface area contributed by atoms with Crippen LogP contribution in [0.5, 0.6) is 0 Å². The van der Waals surface area contributed by atoms with Gasteiger partial charge in [-0.1, -0.05) is 36.4 Å². The third-order valence-electron chi connectivity index (χ3n) is 6.23. The smallest absolute Gasteiger partial charge is 0.334 e. The zero-order valence-corrected chi connectivity index (χ0v) is 17.2. The van der Waals surface area contributed by atoms with Crippen LogP contribution < -0.4 is 0 Å². The molecule has 0 radical (unpaired) electrons. The van der Waals surface area contributed by atoms with Gasteiger partial charge in [-0.25, -0.2) is 9.13 Å². The second-order valence-corrected chi connectivity index (χ2v) is 8.39. The van der Waals surface area contributed by atoms with Gasteiger partial charge in [-0.05, 0) is 56.0 Å². The summed E-state index contributed by atoms with van der Waals surface area (Å²) in [6, 6.07) is 8.46. The lowest BCUT2D eigenvalue weighted by molar-refractivity contribution is -0.381. The van der Waals surface area contributed by atoms with Crippen molar-refractivity contribution in [2.24, 2.45) is 0 Å². The first-order valence-corrected chi connectivity index (χ1v) is 10.7. The minimum Gasteiger partial charge on any atom is -0.334 e. The Morgan fingerprint density at radius 2 is 1.77 bits per heavy atom. The van der Waals surface area contributed by atoms with E-state index in [0.29, 0.717) is 24.2 Å². The van der Waals surface area contributed by atoms with E-state index in [4.69, 9.17) is 0 Å². The lowest BCUT2D eigenvalue weighted by atomic mass is 9.88. The first-order valence-electron chi connectivity index (χ1n) is 10.7. The highest BCUT2D eigenvalue weighted by Gasteiger charge is 2.52. The molecule has 0 aromatic heterocycles. The van der Waals surface area contributed by atoms with Crippen LogP contribution in [-0.4, -0.2) is 60.1 Å². The average Bonchev–Trinajstić information content (AvgIpc) is 3.39. The van der Waals surface area contributed by atoms with Crippen molar-refractivity contribution in [1.82, 2.24) is 9.80 Å². The van der Waals surface area contributed by atoms with Gasteiger partial charge in [0.1, 0.15) is 0 Å². The van der Waals surface area contributed by atoms with E-state index in [1.165, 1.54) is 11.0 Å². The lowest BCUT2D eigenvalue weighted by Gasteiger charge is -2.35. The molecule has 0 N–H and O–H groups in total. The Labute approximate surface area is 179 Å². The molecule has 2 saturated heterocycles. The van der Waals surface area contributed by atoms with Crippen LogP contribution in [0.25, 0.3) is 5.57 Å². The van der Waals surface area contributed by atoms with Crippen LogP contribution in [0.1, 0.15) is 37.7 Å². The highest BCUT2D eigenvalue weighted by Crippen LogP contribution is 2.43. The molecular formula is C23H26F4N2O2. The van der Waals surface area contributed by atoms with Crippen molar-refractivity contribution >= 4 is 11.5 Å². The predicted octanol–water partition coefficient (Wildman–Crippen LogP) is 4.69. The monoisotopic (exact) mass is 438 g/mol. The SMILES string of the molecule is O=C(C1=CC=C(c2ccccc2)CC1(F)OC(F)(F)F)N1CCC[C@H]1CN1CCCC1. The molecule has 0 saturated carbocycles. The molecule has 0 bridgehead atoms. The number of halogens is 4. The molecule has 31 heavy (non-hydrogen) atoms. The quantitative estimate of drug-likeness (QED) is 0.626. The number of likely N-dealkylation sites (tertiary alicyclic amines) is 2. The van der Waals surface area contributed by atoms with Gasteiger partial charge in [-0.2, -0.15) is 0 Å². The van der Waals surface area contributed by atoms with Crippen molar-refractivity contribution in [3.05, 3.63) is 53.6 Å². The summed E-state index contributed by atoms with van der Waals surface area (Å²) in [5.41, 5.74) is 0.350. The van der Waals surface area contributed by atoms with Gasteiger partial charge < -0.3 is 9.80 Å². The predicted molar refractivity (Wildman–Crippen MR) is 109 cm³/mol. The minimum atomic E-state index is -5.22. The summed E-state index contributed by atoms with van der Waals surface area (Å²) < 4.78 is 59.1. The number of rotatable bonds is 5. The molecule has 0 spiro atoms. The molecule has 1 unspecified atom stereocenters. The Morgan fingerprint density at radius 3 is 2.45 bits per heavy atom. The molecule has 1 aromatic carbocycles. The zero-order valence-electron chi connectivity index (χ0n) is 17.2. The van der Waals surface area contributed by atoms with E-state index in [1.807, 2.05) is 0 Å². The van der Waals surface area contributed by atoms with Crippen LogP contribution >= 0.6 is 0 Å². The van der Waals surface area contributed by atoms with E-state index in [2.05, 4.69) is 9.64 Å². The van der Waals surface area contributed by atoms with Crippen LogP contribution in [0.15, 0.2) is 48.1 Å². The van der Waals surface area contributed by atoms with Crippen LogP contribution in [0, 0.1) is 0 Å². The molecule has 2 atom stereocenters. The molecule has 1 aliphatic carbocycles. The Balaban J connectivity index is 1.61. The van der Waals surface area contributed by atoms with Crippen molar-refractivity contribution < 1.29 is 27.1 Å². The number of amides is 1. The summed E-state index contributed by atoms with van der Waals surface area (Å²) in [7, 11) is 0. The van der Waals surface area contributed by atoms with Gasteiger partial charge in [0.2, 0.25) is 0 Å². The summed E-state index contributed by atoms with van der Waals surface area (Å²) in [5.74, 6) is -3.98. The van der Waals surface area contributed by atoms with Crippen LogP contribution in [0.4, 0.5) is 17.6 Å². The zero-order chi connectivity index (χ0) is 22.1. The first-order chi connectivity index (χ1) is 14.8. The maximum Gasteiger partial charge on any atom is 0.525 e. The Bertz CT molecular complexity index is 862. The van der Waals surface area contributed by atoms with Crippen LogP contribution in [0.2, 0.25) is 0 Å². The van der Waals surface area contributed by atoms with E-state index < -0.39 is 30.1 Å². The highest BCUT2D eigenvalue weighted by atomic mass is 19.4. The third-order valence-corrected chi connectivity index (χ3v) is 6.23. The second kappa shape index (κ2) is 8.74. The van der Waals surface area contributed by atoms with Gasteiger partial charge in [0.05, 0.1) is 5.57 Å². The number of benzene rings is 1. The maximum atomic E-state index is 15.8. The van der Waals surface area contributed by atoms with Crippen molar-refractivity contribution in [2.45, 2.75) is 50.4 Å². The van der Waals surface area contributed by atoms with Crippen molar-refractivity contribution in [2.75, 3.05) is 26.2 Å². The third kappa shape index (κ3) is 5.01. The molecule has 2 aliphatic heterocycles. The number of carbonyl (C=O) groups excluding carboxylic acids is 1. The Morgan fingerprint density at radius 1 is 1.06 bits per heavy atom. The fourth-order valence-corrected chi connectivity index (χ4v) is 4.77. The Hall–Kier alpha value is -2.19. The van der Waals surface area contributed by atoms with Gasteiger partial charge in [0.25, 0.3) is 11.8 Å². The van der Waals surface area contributed by atoms with Crippen LogP contribution in [0.3, 0.4) is 0 Å². The molecular weight excluding hydrogens is 412 g/mol. The summed E-state index contributed by atoms with van der Waals surface area (Å²) in [4.78, 5) is 17.0. The molecule has 8 heteroatoms. The van der Waals surface area contributed by atoms with Crippen molar-refractivity contribution in [3.63, 3.8) is 0 Å². The number of hydrogen-bond acceptors (Lipinski definition) is 3. The number of allylic oxidation sites excluding steroid dienone is 2. The van der Waals surface area contributed by atoms with E-state index in [1.54, 1.807) is 30.3 Å². The fraction of sp³-hybridized carbons (Fsp3) is 0.522. The largest absolute Gasteiger partial charge is 0.525 e. The van der Waals surface area contributed by atoms with E-state index in [0.717, 1.165) is 44.8 Å². The van der Waals surface area contributed by atoms with Gasteiger partial charge in [0.15, 0.2) is 0 Å². The first kappa shape index (κ1) is 22.0. The van der Waals surface area contributed by atoms with E-state index >= 15 is 4.39 Å².